The summed E-state index contributed by atoms with van der Waals surface area (Å²) in [5.41, 5.74) is 0. The van der Waals surface area contributed by atoms with Crippen molar-refractivity contribution in [3.8, 4) is 0 Å². The summed E-state index contributed by atoms with van der Waals surface area (Å²) in [7, 11) is 0. The van der Waals surface area contributed by atoms with E-state index in [0.29, 0.717) is 6.04 Å². The van der Waals surface area contributed by atoms with Crippen molar-refractivity contribution < 1.29 is 9.53 Å². The Morgan fingerprint density at radius 2 is 1.89 bits per heavy atom. The molecule has 2 rings (SSSR count). The van der Waals surface area contributed by atoms with E-state index in [1.807, 2.05) is 23.6 Å². The highest BCUT2D eigenvalue weighted by atomic mass is 16.5. The minimum atomic E-state index is 0.204. The molecule has 0 N–H and O–H groups in total. The predicted molar refractivity (Wildman–Crippen MR) is 70.7 cm³/mol. The maximum absolute atomic E-state index is 12.2. The number of amides is 2. The summed E-state index contributed by atoms with van der Waals surface area (Å²) in [5.74, 6) is 0. The molecule has 2 heterocycles. The van der Waals surface area contributed by atoms with Crippen LogP contribution in [0.4, 0.5) is 4.79 Å². The molecule has 0 aromatic rings. The van der Waals surface area contributed by atoms with Gasteiger partial charge in [0.05, 0.1) is 13.2 Å². The molecule has 2 amide bonds. The van der Waals surface area contributed by atoms with Gasteiger partial charge in [-0.05, 0) is 20.3 Å². The number of rotatable bonds is 3. The third-order valence-electron chi connectivity index (χ3n) is 4.03. The molecule has 5 nitrogen and oxygen atoms in total. The molecule has 0 aliphatic carbocycles. The summed E-state index contributed by atoms with van der Waals surface area (Å²) >= 11 is 0. The Labute approximate surface area is 110 Å². The van der Waals surface area contributed by atoms with Gasteiger partial charge in [-0.3, -0.25) is 4.90 Å². The molecule has 104 valence electrons. The van der Waals surface area contributed by atoms with E-state index in [2.05, 4.69) is 4.90 Å². The van der Waals surface area contributed by atoms with E-state index in [4.69, 9.17) is 4.74 Å². The van der Waals surface area contributed by atoms with Crippen LogP contribution >= 0.6 is 0 Å². The van der Waals surface area contributed by atoms with Crippen molar-refractivity contribution >= 4 is 6.03 Å². The molecule has 2 saturated heterocycles. The number of carbonyl (C=O) groups excluding carboxylic acids is 1. The largest absolute Gasteiger partial charge is 0.379 e. The van der Waals surface area contributed by atoms with Gasteiger partial charge >= 0.3 is 6.03 Å². The lowest BCUT2D eigenvalue weighted by Crippen LogP contribution is -2.47. The fourth-order valence-electron chi connectivity index (χ4n) is 2.85. The fraction of sp³-hybridized carbons (Fsp3) is 0.923. The molecule has 1 unspecified atom stereocenters. The SMILES string of the molecule is CCN(CC)C(=O)N1CCC(N2CCOCC2)C1. The van der Waals surface area contributed by atoms with Crippen molar-refractivity contribution in [2.75, 3.05) is 52.5 Å². The Hall–Kier alpha value is -0.810. The van der Waals surface area contributed by atoms with Crippen LogP contribution in [0.25, 0.3) is 0 Å². The smallest absolute Gasteiger partial charge is 0.320 e. The minimum absolute atomic E-state index is 0.204. The number of nitrogens with zero attached hydrogens (tertiary/aromatic N) is 3. The molecular weight excluding hydrogens is 230 g/mol. The highest BCUT2D eigenvalue weighted by molar-refractivity contribution is 5.74. The molecule has 18 heavy (non-hydrogen) atoms. The first-order valence-corrected chi connectivity index (χ1v) is 7.11. The average molecular weight is 255 g/mol. The molecule has 0 aromatic heterocycles. The van der Waals surface area contributed by atoms with E-state index in [9.17, 15) is 4.79 Å². The van der Waals surface area contributed by atoms with Gasteiger partial charge < -0.3 is 14.5 Å². The van der Waals surface area contributed by atoms with Crippen LogP contribution in [-0.2, 0) is 4.74 Å². The van der Waals surface area contributed by atoms with Crippen molar-refractivity contribution in [3.05, 3.63) is 0 Å². The Morgan fingerprint density at radius 1 is 1.22 bits per heavy atom. The molecule has 2 aliphatic rings. The van der Waals surface area contributed by atoms with Gasteiger partial charge in [0.25, 0.3) is 0 Å². The number of urea groups is 1. The van der Waals surface area contributed by atoms with Crippen LogP contribution < -0.4 is 0 Å². The lowest BCUT2D eigenvalue weighted by Gasteiger charge is -2.32. The van der Waals surface area contributed by atoms with E-state index in [-0.39, 0.29) is 6.03 Å². The van der Waals surface area contributed by atoms with E-state index in [1.54, 1.807) is 0 Å². The van der Waals surface area contributed by atoms with Gasteiger partial charge in [0.1, 0.15) is 0 Å². The van der Waals surface area contributed by atoms with Crippen molar-refractivity contribution in [2.45, 2.75) is 26.3 Å². The van der Waals surface area contributed by atoms with Gasteiger partial charge in [-0.1, -0.05) is 0 Å². The maximum atomic E-state index is 12.2. The van der Waals surface area contributed by atoms with Gasteiger partial charge in [0.2, 0.25) is 0 Å². The van der Waals surface area contributed by atoms with Crippen LogP contribution in [0.1, 0.15) is 20.3 Å². The van der Waals surface area contributed by atoms with E-state index in [0.717, 1.165) is 58.9 Å². The summed E-state index contributed by atoms with van der Waals surface area (Å²) in [5, 5.41) is 0. The summed E-state index contributed by atoms with van der Waals surface area (Å²) in [6.45, 7) is 11.2. The zero-order valence-corrected chi connectivity index (χ0v) is 11.6. The Morgan fingerprint density at radius 3 is 2.50 bits per heavy atom. The van der Waals surface area contributed by atoms with E-state index < -0.39 is 0 Å². The Kier molecular flexibility index (Phi) is 4.83. The van der Waals surface area contributed by atoms with Gasteiger partial charge in [-0.25, -0.2) is 4.79 Å². The summed E-state index contributed by atoms with van der Waals surface area (Å²) in [4.78, 5) is 18.6. The molecule has 5 heteroatoms. The third-order valence-corrected chi connectivity index (χ3v) is 4.03. The van der Waals surface area contributed by atoms with Gasteiger partial charge in [-0.2, -0.15) is 0 Å². The summed E-state index contributed by atoms with van der Waals surface area (Å²) in [6, 6.07) is 0.740. The summed E-state index contributed by atoms with van der Waals surface area (Å²) in [6.07, 6.45) is 1.10. The first-order chi connectivity index (χ1) is 8.76. The zero-order chi connectivity index (χ0) is 13.0. The number of ether oxygens (including phenoxy) is 1. The van der Waals surface area contributed by atoms with Gasteiger partial charge in [0, 0.05) is 45.3 Å². The second-order valence-corrected chi connectivity index (χ2v) is 4.99. The highest BCUT2D eigenvalue weighted by Gasteiger charge is 2.32. The van der Waals surface area contributed by atoms with E-state index in [1.165, 1.54) is 0 Å². The quantitative estimate of drug-likeness (QED) is 0.750. The molecule has 2 aliphatic heterocycles. The van der Waals surface area contributed by atoms with Crippen molar-refractivity contribution in [3.63, 3.8) is 0 Å². The molecule has 0 radical (unpaired) electrons. The fourth-order valence-corrected chi connectivity index (χ4v) is 2.85. The summed E-state index contributed by atoms with van der Waals surface area (Å²) < 4.78 is 5.38. The number of hydrogen-bond acceptors (Lipinski definition) is 3. The number of hydrogen-bond donors (Lipinski definition) is 0. The predicted octanol–water partition coefficient (Wildman–Crippen LogP) is 0.855. The normalized spacial score (nSPS) is 25.4. The Bertz CT molecular complexity index is 275. The lowest BCUT2D eigenvalue weighted by molar-refractivity contribution is 0.0189. The second-order valence-electron chi connectivity index (χ2n) is 4.99. The van der Waals surface area contributed by atoms with Crippen LogP contribution in [0, 0.1) is 0 Å². The average Bonchev–Trinajstić information content (AvgIpc) is 2.90. The first kappa shape index (κ1) is 13.6. The highest BCUT2D eigenvalue weighted by Crippen LogP contribution is 2.18. The minimum Gasteiger partial charge on any atom is -0.379 e. The second kappa shape index (κ2) is 6.38. The molecule has 0 saturated carbocycles. The van der Waals surface area contributed by atoms with Gasteiger partial charge in [-0.15, -0.1) is 0 Å². The zero-order valence-electron chi connectivity index (χ0n) is 11.6. The first-order valence-electron chi connectivity index (χ1n) is 7.11. The molecule has 0 aromatic carbocycles. The molecule has 0 bridgehead atoms. The van der Waals surface area contributed by atoms with Crippen LogP contribution in [0.2, 0.25) is 0 Å². The standard InChI is InChI=1S/C13H25N3O2/c1-3-14(4-2)13(17)16-6-5-12(11-16)15-7-9-18-10-8-15/h12H,3-11H2,1-2H3. The molecule has 1 atom stereocenters. The van der Waals surface area contributed by atoms with Crippen molar-refractivity contribution in [1.29, 1.82) is 0 Å². The van der Waals surface area contributed by atoms with Crippen molar-refractivity contribution in [1.82, 2.24) is 14.7 Å². The monoisotopic (exact) mass is 255 g/mol. The molecule has 2 fully saturated rings. The van der Waals surface area contributed by atoms with Crippen LogP contribution in [0.15, 0.2) is 0 Å². The van der Waals surface area contributed by atoms with Crippen LogP contribution in [0.5, 0.6) is 0 Å². The van der Waals surface area contributed by atoms with Crippen LogP contribution in [-0.4, -0.2) is 79.3 Å². The molecular formula is C13H25N3O2. The third kappa shape index (κ3) is 2.95. The number of likely N-dealkylation sites (tertiary alicyclic amines) is 1. The molecule has 0 spiro atoms. The lowest BCUT2D eigenvalue weighted by atomic mass is 10.2. The Balaban J connectivity index is 1.85. The van der Waals surface area contributed by atoms with Gasteiger partial charge in [0.15, 0.2) is 0 Å². The van der Waals surface area contributed by atoms with E-state index >= 15 is 0 Å². The maximum Gasteiger partial charge on any atom is 0.320 e. The number of morpholine rings is 1. The van der Waals surface area contributed by atoms with Crippen LogP contribution in [0.3, 0.4) is 0 Å². The van der Waals surface area contributed by atoms with Crippen molar-refractivity contribution in [2.24, 2.45) is 0 Å². The number of carbonyl (C=O) groups is 1. The topological polar surface area (TPSA) is 36.0 Å².